The van der Waals surface area contributed by atoms with Gasteiger partial charge in [-0.3, -0.25) is 4.79 Å². The van der Waals surface area contributed by atoms with Crippen molar-refractivity contribution < 1.29 is 37.0 Å². The minimum absolute atomic E-state index is 0.0645. The first-order valence-electron chi connectivity index (χ1n) is 9.65. The molecule has 1 aliphatic rings. The van der Waals surface area contributed by atoms with Crippen LogP contribution in [-0.2, 0) is 25.5 Å². The van der Waals surface area contributed by atoms with Crippen LogP contribution in [0, 0.1) is 17.5 Å². The van der Waals surface area contributed by atoms with E-state index in [1.165, 1.54) is 13.4 Å². The molecule has 2 heterocycles. The molecule has 2 amide bonds. The zero-order valence-electron chi connectivity index (χ0n) is 17.3. The number of methoxy groups -OCH3 is 2. The molecule has 0 aliphatic carbocycles. The normalized spacial score (nSPS) is 16.2. The van der Waals surface area contributed by atoms with Crippen LogP contribution in [0.1, 0.15) is 35.8 Å². The summed E-state index contributed by atoms with van der Waals surface area (Å²) in [6.45, 7) is 0.0645. The van der Waals surface area contributed by atoms with E-state index in [9.17, 15) is 27.6 Å². The Balaban J connectivity index is 1.92. The van der Waals surface area contributed by atoms with Crippen LogP contribution in [-0.4, -0.2) is 59.6 Å². The highest BCUT2D eigenvalue weighted by molar-refractivity contribution is 5.84. The molecule has 0 saturated carbocycles. The molecule has 0 unspecified atom stereocenters. The van der Waals surface area contributed by atoms with E-state index in [1.807, 2.05) is 0 Å². The van der Waals surface area contributed by atoms with Crippen LogP contribution in [0.5, 0.6) is 0 Å². The van der Waals surface area contributed by atoms with Crippen molar-refractivity contribution in [3.63, 3.8) is 0 Å². The number of urea groups is 1. The van der Waals surface area contributed by atoms with Crippen molar-refractivity contribution in [3.05, 3.63) is 52.9 Å². The summed E-state index contributed by atoms with van der Waals surface area (Å²) in [5.41, 5.74) is 0.579. The SMILES string of the molecule is COC(=O)CC[C@@H](NC(=O)N1CCc2[nH]cnc2[C@@H]1c1ccc(F)c(F)c1F)C(=O)OC. The fourth-order valence-electron chi connectivity index (χ4n) is 3.55. The molecular weight excluding hydrogens is 433 g/mol. The Kier molecular flexibility index (Phi) is 7.01. The Bertz CT molecular complexity index is 1030. The molecule has 172 valence electrons. The third-order valence-electron chi connectivity index (χ3n) is 5.19. The molecule has 0 radical (unpaired) electrons. The van der Waals surface area contributed by atoms with Gasteiger partial charge in [-0.1, -0.05) is 6.07 Å². The predicted molar refractivity (Wildman–Crippen MR) is 103 cm³/mol. The van der Waals surface area contributed by atoms with Crippen LogP contribution in [0.15, 0.2) is 18.5 Å². The summed E-state index contributed by atoms with van der Waals surface area (Å²) in [7, 11) is 2.31. The highest BCUT2D eigenvalue weighted by atomic mass is 19.2. The summed E-state index contributed by atoms with van der Waals surface area (Å²) in [4.78, 5) is 44.8. The maximum Gasteiger partial charge on any atom is 0.328 e. The molecule has 0 spiro atoms. The zero-order chi connectivity index (χ0) is 23.4. The predicted octanol–water partition coefficient (Wildman–Crippen LogP) is 1.98. The van der Waals surface area contributed by atoms with Crippen LogP contribution >= 0.6 is 0 Å². The van der Waals surface area contributed by atoms with Gasteiger partial charge in [-0.15, -0.1) is 0 Å². The van der Waals surface area contributed by atoms with Gasteiger partial charge >= 0.3 is 18.0 Å². The topological polar surface area (TPSA) is 114 Å². The number of hydrogen-bond acceptors (Lipinski definition) is 6. The lowest BCUT2D eigenvalue weighted by atomic mass is 9.95. The van der Waals surface area contributed by atoms with Gasteiger partial charge in [0, 0.05) is 30.6 Å². The van der Waals surface area contributed by atoms with Crippen LogP contribution in [0.25, 0.3) is 0 Å². The Labute approximate surface area is 180 Å². The van der Waals surface area contributed by atoms with Crippen molar-refractivity contribution in [1.82, 2.24) is 20.2 Å². The van der Waals surface area contributed by atoms with E-state index in [0.717, 1.165) is 24.1 Å². The summed E-state index contributed by atoms with van der Waals surface area (Å²) in [6.07, 6.45) is 1.41. The number of carbonyl (C=O) groups excluding carboxylic acids is 3. The minimum Gasteiger partial charge on any atom is -0.469 e. The second kappa shape index (κ2) is 9.71. The van der Waals surface area contributed by atoms with Crippen LogP contribution in [0.3, 0.4) is 0 Å². The first kappa shape index (κ1) is 23.1. The number of nitrogens with one attached hydrogen (secondary N) is 2. The first-order valence-corrected chi connectivity index (χ1v) is 9.65. The van der Waals surface area contributed by atoms with Crippen molar-refractivity contribution in [2.45, 2.75) is 31.3 Å². The molecule has 32 heavy (non-hydrogen) atoms. The number of ether oxygens (including phenoxy) is 2. The summed E-state index contributed by atoms with van der Waals surface area (Å²) < 4.78 is 51.3. The number of nitrogens with zero attached hydrogens (tertiary/aromatic N) is 2. The van der Waals surface area contributed by atoms with Crippen molar-refractivity contribution in [2.24, 2.45) is 0 Å². The Morgan fingerprint density at radius 1 is 1.22 bits per heavy atom. The molecule has 2 atom stereocenters. The Hall–Kier alpha value is -3.57. The summed E-state index contributed by atoms with van der Waals surface area (Å²) in [5.74, 6) is -5.87. The maximum atomic E-state index is 14.6. The molecule has 9 nitrogen and oxygen atoms in total. The number of benzene rings is 1. The quantitative estimate of drug-likeness (QED) is 0.510. The molecule has 0 fully saturated rings. The number of carbonyl (C=O) groups is 3. The lowest BCUT2D eigenvalue weighted by Gasteiger charge is -2.36. The number of esters is 2. The molecule has 1 aliphatic heterocycles. The molecule has 0 bridgehead atoms. The molecule has 1 aromatic carbocycles. The van der Waals surface area contributed by atoms with Crippen molar-refractivity contribution in [2.75, 3.05) is 20.8 Å². The van der Waals surface area contributed by atoms with Gasteiger partial charge in [0.2, 0.25) is 0 Å². The molecule has 2 N–H and O–H groups in total. The average Bonchev–Trinajstić information content (AvgIpc) is 3.28. The molecular formula is C20H21F3N4O5. The number of hydrogen-bond donors (Lipinski definition) is 2. The largest absolute Gasteiger partial charge is 0.469 e. The van der Waals surface area contributed by atoms with Crippen LogP contribution in [0.4, 0.5) is 18.0 Å². The first-order chi connectivity index (χ1) is 15.3. The number of imidazole rings is 1. The fourth-order valence-corrected chi connectivity index (χ4v) is 3.55. The van der Waals surface area contributed by atoms with E-state index in [1.54, 1.807) is 0 Å². The van der Waals surface area contributed by atoms with E-state index >= 15 is 0 Å². The highest BCUT2D eigenvalue weighted by Gasteiger charge is 2.38. The Morgan fingerprint density at radius 3 is 2.66 bits per heavy atom. The van der Waals surface area contributed by atoms with Gasteiger partial charge < -0.3 is 24.7 Å². The van der Waals surface area contributed by atoms with E-state index in [0.29, 0.717) is 12.1 Å². The molecule has 12 heteroatoms. The van der Waals surface area contributed by atoms with E-state index in [2.05, 4.69) is 24.8 Å². The lowest BCUT2D eigenvalue weighted by molar-refractivity contribution is -0.144. The van der Waals surface area contributed by atoms with Gasteiger partial charge in [0.1, 0.15) is 12.1 Å². The molecule has 0 saturated heterocycles. The third kappa shape index (κ3) is 4.53. The monoisotopic (exact) mass is 454 g/mol. The second-order valence-electron chi connectivity index (χ2n) is 7.02. The molecule has 1 aromatic heterocycles. The van der Waals surface area contributed by atoms with Gasteiger partial charge in [-0.25, -0.2) is 27.7 Å². The Morgan fingerprint density at radius 2 is 1.97 bits per heavy atom. The van der Waals surface area contributed by atoms with Gasteiger partial charge in [0.05, 0.1) is 26.2 Å². The van der Waals surface area contributed by atoms with Crippen molar-refractivity contribution in [1.29, 1.82) is 0 Å². The number of halogens is 3. The average molecular weight is 454 g/mol. The number of fused-ring (bicyclic) bond motifs is 1. The van der Waals surface area contributed by atoms with Crippen molar-refractivity contribution >= 4 is 18.0 Å². The zero-order valence-corrected chi connectivity index (χ0v) is 17.3. The fraction of sp³-hybridized carbons (Fsp3) is 0.400. The number of aromatic nitrogens is 2. The van der Waals surface area contributed by atoms with E-state index < -0.39 is 47.5 Å². The smallest absolute Gasteiger partial charge is 0.328 e. The second-order valence-corrected chi connectivity index (χ2v) is 7.02. The summed E-state index contributed by atoms with van der Waals surface area (Å²) in [5, 5.41) is 2.46. The summed E-state index contributed by atoms with van der Waals surface area (Å²) >= 11 is 0. The number of H-pyrrole nitrogens is 1. The third-order valence-corrected chi connectivity index (χ3v) is 5.19. The highest BCUT2D eigenvalue weighted by Crippen LogP contribution is 2.35. The number of amides is 2. The van der Waals surface area contributed by atoms with Gasteiger partial charge in [0.25, 0.3) is 0 Å². The number of aromatic amines is 1. The van der Waals surface area contributed by atoms with Gasteiger partial charge in [0.15, 0.2) is 17.5 Å². The van der Waals surface area contributed by atoms with Crippen LogP contribution in [0.2, 0.25) is 0 Å². The van der Waals surface area contributed by atoms with Crippen molar-refractivity contribution in [3.8, 4) is 0 Å². The van der Waals surface area contributed by atoms with Gasteiger partial charge in [-0.2, -0.15) is 0 Å². The van der Waals surface area contributed by atoms with Crippen LogP contribution < -0.4 is 5.32 Å². The van der Waals surface area contributed by atoms with Gasteiger partial charge in [-0.05, 0) is 12.5 Å². The van der Waals surface area contributed by atoms with E-state index in [-0.39, 0.29) is 30.6 Å². The standard InChI is InChI=1S/C20H21F3N4O5/c1-31-14(28)6-5-13(19(29)32-2)26-20(30)27-8-7-12-17(25-9-24-12)18(27)10-3-4-11(21)16(23)15(10)22/h3-4,9,13,18H,5-8H2,1-2H3,(H,24,25)(H,26,30)/t13-,18+/m1/s1. The molecule has 2 aromatic rings. The maximum absolute atomic E-state index is 14.6. The molecule has 3 rings (SSSR count). The number of rotatable bonds is 6. The lowest BCUT2D eigenvalue weighted by Crippen LogP contribution is -2.51. The summed E-state index contributed by atoms with van der Waals surface area (Å²) in [6, 6.07) is -1.37. The van der Waals surface area contributed by atoms with E-state index in [4.69, 9.17) is 0 Å². The minimum atomic E-state index is -1.67.